The molecule has 2 aliphatic rings. The molecule has 0 atom stereocenters. The predicted molar refractivity (Wildman–Crippen MR) is 54.7 cm³/mol. The maximum atomic E-state index is 8.77. The normalized spacial score (nSPS) is 34.2. The van der Waals surface area contributed by atoms with Crippen LogP contribution in [0.25, 0.3) is 0 Å². The minimum Gasteiger partial charge on any atom is -0.375 e. The Labute approximate surface area is 86.2 Å². The van der Waals surface area contributed by atoms with E-state index in [0.717, 1.165) is 25.7 Å². The first-order valence-corrected chi connectivity index (χ1v) is 5.93. The second kappa shape index (κ2) is 4.79. The third-order valence-electron chi connectivity index (χ3n) is 3.54. The molecule has 0 N–H and O–H groups in total. The van der Waals surface area contributed by atoms with Gasteiger partial charge in [-0.05, 0) is 38.5 Å². The molecule has 0 saturated heterocycles. The number of hydrogen-bond donors (Lipinski definition) is 0. The second-order valence-electron chi connectivity index (χ2n) is 4.65. The summed E-state index contributed by atoms with van der Waals surface area (Å²) in [5.41, 5.74) is 0. The van der Waals surface area contributed by atoms with Gasteiger partial charge in [0.25, 0.3) is 0 Å². The Morgan fingerprint density at radius 1 is 0.857 bits per heavy atom. The van der Waals surface area contributed by atoms with Gasteiger partial charge in [0, 0.05) is 5.92 Å². The minimum absolute atomic E-state index is 0.304. The Morgan fingerprint density at radius 2 is 1.43 bits per heavy atom. The summed E-state index contributed by atoms with van der Waals surface area (Å²) in [4.78, 5) is 0. The fourth-order valence-electron chi connectivity index (χ4n) is 2.62. The van der Waals surface area contributed by atoms with Crippen molar-refractivity contribution in [3.8, 4) is 6.07 Å². The van der Waals surface area contributed by atoms with E-state index in [1.807, 2.05) is 0 Å². The molecule has 2 aliphatic carbocycles. The van der Waals surface area contributed by atoms with Crippen LogP contribution < -0.4 is 0 Å². The van der Waals surface area contributed by atoms with E-state index >= 15 is 0 Å². The highest BCUT2D eigenvalue weighted by Crippen LogP contribution is 2.30. The lowest BCUT2D eigenvalue weighted by Gasteiger charge is -2.27. The van der Waals surface area contributed by atoms with Crippen LogP contribution in [0.2, 0.25) is 0 Å². The van der Waals surface area contributed by atoms with E-state index in [1.165, 1.54) is 25.7 Å². The summed E-state index contributed by atoms with van der Waals surface area (Å²) in [5.74, 6) is 0.304. The van der Waals surface area contributed by atoms with Crippen LogP contribution in [0.4, 0.5) is 0 Å². The van der Waals surface area contributed by atoms with Crippen LogP contribution in [0.15, 0.2) is 0 Å². The number of nitrogens with zero attached hydrogens (tertiary/aromatic N) is 1. The van der Waals surface area contributed by atoms with Gasteiger partial charge in [0.15, 0.2) is 0 Å². The van der Waals surface area contributed by atoms with Crippen LogP contribution >= 0.6 is 0 Å². The van der Waals surface area contributed by atoms with Crippen LogP contribution in [-0.2, 0) is 4.74 Å². The largest absolute Gasteiger partial charge is 0.375 e. The average Bonchev–Trinajstić information content (AvgIpc) is 2.72. The summed E-state index contributed by atoms with van der Waals surface area (Å²) in [5, 5.41) is 8.77. The van der Waals surface area contributed by atoms with Crippen molar-refractivity contribution in [1.29, 1.82) is 5.26 Å². The smallest absolute Gasteiger partial charge is 0.0655 e. The summed E-state index contributed by atoms with van der Waals surface area (Å²) >= 11 is 0. The summed E-state index contributed by atoms with van der Waals surface area (Å²) in [6.07, 6.45) is 10.5. The molecule has 2 rings (SSSR count). The van der Waals surface area contributed by atoms with Crippen LogP contribution in [0.1, 0.15) is 51.4 Å². The molecule has 2 heteroatoms. The van der Waals surface area contributed by atoms with Gasteiger partial charge in [0.1, 0.15) is 0 Å². The molecule has 0 heterocycles. The standard InChI is InChI=1S/C12H19NO/c13-9-10-5-7-12(8-6-10)14-11-3-1-2-4-11/h10-12H,1-8H2. The lowest BCUT2D eigenvalue weighted by atomic mass is 9.88. The van der Waals surface area contributed by atoms with Gasteiger partial charge in [-0.3, -0.25) is 0 Å². The molecule has 2 nitrogen and oxygen atoms in total. The van der Waals surface area contributed by atoms with Gasteiger partial charge in [-0.1, -0.05) is 12.8 Å². The molecule has 0 aromatic carbocycles. The highest BCUT2D eigenvalue weighted by molar-refractivity contribution is 4.87. The molecular weight excluding hydrogens is 174 g/mol. The predicted octanol–water partition coefficient (Wildman–Crippen LogP) is 3.03. The van der Waals surface area contributed by atoms with Crippen LogP contribution in [0.5, 0.6) is 0 Å². The molecule has 78 valence electrons. The Morgan fingerprint density at radius 3 is 2.00 bits per heavy atom. The highest BCUT2D eigenvalue weighted by atomic mass is 16.5. The summed E-state index contributed by atoms with van der Waals surface area (Å²) in [7, 11) is 0. The van der Waals surface area contributed by atoms with Crippen molar-refractivity contribution in [1.82, 2.24) is 0 Å². The Bertz CT molecular complexity index is 207. The van der Waals surface area contributed by atoms with E-state index < -0.39 is 0 Å². The minimum atomic E-state index is 0.304. The molecule has 0 aromatic rings. The van der Waals surface area contributed by atoms with Crippen LogP contribution in [0.3, 0.4) is 0 Å². The second-order valence-corrected chi connectivity index (χ2v) is 4.65. The topological polar surface area (TPSA) is 33.0 Å². The van der Waals surface area contributed by atoms with E-state index in [4.69, 9.17) is 10.00 Å². The van der Waals surface area contributed by atoms with Crippen LogP contribution in [0, 0.1) is 17.2 Å². The first-order valence-electron chi connectivity index (χ1n) is 5.93. The van der Waals surface area contributed by atoms with Gasteiger partial charge in [-0.2, -0.15) is 5.26 Å². The lowest BCUT2D eigenvalue weighted by molar-refractivity contribution is -0.0296. The molecule has 0 radical (unpaired) electrons. The number of rotatable bonds is 2. The molecule has 0 aliphatic heterocycles. The third kappa shape index (κ3) is 2.48. The lowest BCUT2D eigenvalue weighted by Crippen LogP contribution is -2.25. The van der Waals surface area contributed by atoms with E-state index in [9.17, 15) is 0 Å². The maximum Gasteiger partial charge on any atom is 0.0655 e. The van der Waals surface area contributed by atoms with Crippen molar-refractivity contribution in [2.45, 2.75) is 63.6 Å². The zero-order valence-electron chi connectivity index (χ0n) is 8.74. The van der Waals surface area contributed by atoms with Gasteiger partial charge in [0.2, 0.25) is 0 Å². The zero-order chi connectivity index (χ0) is 9.80. The molecule has 0 bridgehead atoms. The van der Waals surface area contributed by atoms with Crippen molar-refractivity contribution < 1.29 is 4.74 Å². The van der Waals surface area contributed by atoms with Crippen molar-refractivity contribution in [2.75, 3.05) is 0 Å². The molecule has 2 fully saturated rings. The van der Waals surface area contributed by atoms with Crippen molar-refractivity contribution in [3.63, 3.8) is 0 Å². The first kappa shape index (κ1) is 9.98. The highest BCUT2D eigenvalue weighted by Gasteiger charge is 2.25. The molecule has 0 unspecified atom stereocenters. The van der Waals surface area contributed by atoms with Crippen molar-refractivity contribution >= 4 is 0 Å². The Balaban J connectivity index is 1.70. The third-order valence-corrected chi connectivity index (χ3v) is 3.54. The van der Waals surface area contributed by atoms with E-state index in [2.05, 4.69) is 6.07 Å². The van der Waals surface area contributed by atoms with Crippen LogP contribution in [-0.4, -0.2) is 12.2 Å². The summed E-state index contributed by atoms with van der Waals surface area (Å²) in [6, 6.07) is 2.36. The van der Waals surface area contributed by atoms with Crippen molar-refractivity contribution in [3.05, 3.63) is 0 Å². The Hall–Kier alpha value is -0.550. The van der Waals surface area contributed by atoms with E-state index in [-0.39, 0.29) is 0 Å². The number of hydrogen-bond acceptors (Lipinski definition) is 2. The van der Waals surface area contributed by atoms with Crippen molar-refractivity contribution in [2.24, 2.45) is 5.92 Å². The average molecular weight is 193 g/mol. The molecule has 2 saturated carbocycles. The Kier molecular flexibility index (Phi) is 3.42. The molecule has 0 amide bonds. The maximum absolute atomic E-state index is 8.77. The monoisotopic (exact) mass is 193 g/mol. The quantitative estimate of drug-likeness (QED) is 0.675. The van der Waals surface area contributed by atoms with E-state index in [0.29, 0.717) is 18.1 Å². The van der Waals surface area contributed by atoms with Gasteiger partial charge < -0.3 is 4.74 Å². The van der Waals surface area contributed by atoms with Gasteiger partial charge in [0.05, 0.1) is 18.3 Å². The van der Waals surface area contributed by atoms with Gasteiger partial charge in [-0.25, -0.2) is 0 Å². The van der Waals surface area contributed by atoms with E-state index in [1.54, 1.807) is 0 Å². The molecule has 0 spiro atoms. The molecular formula is C12H19NO. The fraction of sp³-hybridized carbons (Fsp3) is 0.917. The molecule has 0 aromatic heterocycles. The summed E-state index contributed by atoms with van der Waals surface area (Å²) < 4.78 is 6.04. The molecule has 14 heavy (non-hydrogen) atoms. The zero-order valence-corrected chi connectivity index (χ0v) is 8.74. The number of nitriles is 1. The first-order chi connectivity index (χ1) is 6.88. The summed E-state index contributed by atoms with van der Waals surface area (Å²) in [6.45, 7) is 0. The SMILES string of the molecule is N#CC1CCC(OC2CCCC2)CC1. The van der Waals surface area contributed by atoms with Gasteiger partial charge >= 0.3 is 0 Å². The fourth-order valence-corrected chi connectivity index (χ4v) is 2.62. The number of ether oxygens (including phenoxy) is 1. The van der Waals surface area contributed by atoms with Gasteiger partial charge in [-0.15, -0.1) is 0 Å².